The van der Waals surface area contributed by atoms with Gasteiger partial charge < -0.3 is 4.42 Å². The number of hydrogen-bond donors (Lipinski definition) is 0. The molecule has 2 rings (SSSR count). The largest absolute Gasteiger partial charge is 0.460 e. The lowest BCUT2D eigenvalue weighted by atomic mass is 9.86. The van der Waals surface area contributed by atoms with Gasteiger partial charge in [0, 0.05) is 11.1 Å². The molecule has 0 N–H and O–H groups in total. The fourth-order valence-corrected chi connectivity index (χ4v) is 1.99. The molecule has 1 aromatic rings. The Morgan fingerprint density at radius 2 is 1.67 bits per heavy atom. The van der Waals surface area contributed by atoms with Crippen LogP contribution >= 0.6 is 0 Å². The van der Waals surface area contributed by atoms with Crippen molar-refractivity contribution in [2.75, 3.05) is 0 Å². The van der Waals surface area contributed by atoms with Gasteiger partial charge in [-0.05, 0) is 18.9 Å². The molecule has 0 fully saturated rings. The van der Waals surface area contributed by atoms with E-state index < -0.39 is 0 Å². The fraction of sp³-hybridized carbons (Fsp3) is 0.333. The molecule has 1 heterocycles. The van der Waals surface area contributed by atoms with E-state index in [9.17, 15) is 9.59 Å². The van der Waals surface area contributed by atoms with Crippen molar-refractivity contribution < 1.29 is 14.0 Å². The van der Waals surface area contributed by atoms with E-state index in [1.807, 2.05) is 13.8 Å². The molecule has 3 nitrogen and oxygen atoms in total. The number of Topliss-reactive ketones (excluding diaryl/α,β-unsaturated/α-hetero) is 2. The van der Waals surface area contributed by atoms with Crippen LogP contribution in [0.15, 0.2) is 27.9 Å². The third kappa shape index (κ3) is 1.27. The molecule has 3 heteroatoms. The van der Waals surface area contributed by atoms with Crippen LogP contribution in [0.3, 0.4) is 0 Å². The van der Waals surface area contributed by atoms with Crippen molar-refractivity contribution in [3.63, 3.8) is 0 Å². The Kier molecular flexibility index (Phi) is 2.31. The average molecular weight is 204 g/mol. The Bertz CT molecular complexity index is 422. The van der Waals surface area contributed by atoms with Crippen molar-refractivity contribution in [2.24, 2.45) is 0 Å². The van der Waals surface area contributed by atoms with E-state index in [0.29, 0.717) is 29.6 Å². The summed E-state index contributed by atoms with van der Waals surface area (Å²) in [6.07, 6.45) is 2.57. The highest BCUT2D eigenvalue weighted by Crippen LogP contribution is 2.29. The molecule has 1 aliphatic rings. The second-order valence-electron chi connectivity index (χ2n) is 3.49. The zero-order chi connectivity index (χ0) is 11.0. The highest BCUT2D eigenvalue weighted by atomic mass is 16.3. The van der Waals surface area contributed by atoms with Gasteiger partial charge in [-0.2, -0.15) is 0 Å². The van der Waals surface area contributed by atoms with Crippen LogP contribution in [0.1, 0.15) is 47.6 Å². The predicted octanol–water partition coefficient (Wildman–Crippen LogP) is 2.78. The number of hydrogen-bond acceptors (Lipinski definition) is 3. The number of rotatable bonds is 2. The molecule has 0 aliphatic heterocycles. The summed E-state index contributed by atoms with van der Waals surface area (Å²) in [7, 11) is 0. The molecule has 15 heavy (non-hydrogen) atoms. The Balaban J connectivity index is 2.64. The van der Waals surface area contributed by atoms with Gasteiger partial charge in [0.2, 0.25) is 5.78 Å². The number of carbonyl (C=O) groups is 2. The topological polar surface area (TPSA) is 47.3 Å². The normalized spacial score (nSPS) is 15.9. The van der Waals surface area contributed by atoms with Crippen LogP contribution in [0.4, 0.5) is 0 Å². The minimum absolute atomic E-state index is 0.0577. The summed E-state index contributed by atoms with van der Waals surface area (Å²) in [5, 5.41) is 0. The average Bonchev–Trinajstić information content (AvgIpc) is 2.72. The number of furan rings is 1. The highest BCUT2D eigenvalue weighted by molar-refractivity contribution is 6.25. The molecule has 0 aromatic carbocycles. The first-order chi connectivity index (χ1) is 7.20. The minimum Gasteiger partial charge on any atom is -0.460 e. The Morgan fingerprint density at radius 3 is 2.27 bits per heavy atom. The molecule has 1 aromatic heterocycles. The zero-order valence-corrected chi connectivity index (χ0v) is 8.79. The van der Waals surface area contributed by atoms with Crippen LogP contribution in [0.25, 0.3) is 0 Å². The summed E-state index contributed by atoms with van der Waals surface area (Å²) >= 11 is 0. The van der Waals surface area contributed by atoms with Crippen LogP contribution < -0.4 is 0 Å². The van der Waals surface area contributed by atoms with E-state index in [0.717, 1.165) is 0 Å². The van der Waals surface area contributed by atoms with Gasteiger partial charge in [0.1, 0.15) is 0 Å². The Hall–Kier alpha value is -1.64. The Morgan fingerprint density at radius 1 is 1.07 bits per heavy atom. The predicted molar refractivity (Wildman–Crippen MR) is 55.0 cm³/mol. The third-order valence-corrected chi connectivity index (χ3v) is 2.74. The van der Waals surface area contributed by atoms with Gasteiger partial charge in [-0.25, -0.2) is 0 Å². The maximum atomic E-state index is 12.0. The summed E-state index contributed by atoms with van der Waals surface area (Å²) in [6, 6.07) is 1.57. The summed E-state index contributed by atoms with van der Waals surface area (Å²) in [6.45, 7) is 3.77. The summed E-state index contributed by atoms with van der Waals surface area (Å²) < 4.78 is 5.06. The first-order valence-corrected chi connectivity index (χ1v) is 5.09. The van der Waals surface area contributed by atoms with Crippen molar-refractivity contribution in [1.82, 2.24) is 0 Å². The van der Waals surface area contributed by atoms with Crippen molar-refractivity contribution >= 4 is 11.6 Å². The molecule has 1 aliphatic carbocycles. The monoisotopic (exact) mass is 204 g/mol. The van der Waals surface area contributed by atoms with Gasteiger partial charge >= 0.3 is 0 Å². The van der Waals surface area contributed by atoms with Crippen LogP contribution in [0.5, 0.6) is 0 Å². The molecule has 0 spiro atoms. The lowest BCUT2D eigenvalue weighted by Crippen LogP contribution is -2.20. The molecule has 0 bridgehead atoms. The van der Waals surface area contributed by atoms with Crippen LogP contribution in [-0.4, -0.2) is 11.6 Å². The highest BCUT2D eigenvalue weighted by Gasteiger charge is 2.32. The molecule has 0 saturated heterocycles. The molecule has 0 unspecified atom stereocenters. The van der Waals surface area contributed by atoms with Crippen LogP contribution in [-0.2, 0) is 0 Å². The van der Waals surface area contributed by atoms with Gasteiger partial charge in [-0.1, -0.05) is 13.8 Å². The quantitative estimate of drug-likeness (QED) is 0.744. The van der Waals surface area contributed by atoms with E-state index in [1.165, 1.54) is 6.26 Å². The minimum atomic E-state index is -0.131. The summed E-state index contributed by atoms with van der Waals surface area (Å²) in [5.74, 6) is 0.0145. The maximum absolute atomic E-state index is 12.0. The summed E-state index contributed by atoms with van der Waals surface area (Å²) in [5.41, 5.74) is 1.65. The second kappa shape index (κ2) is 3.50. The molecule has 0 amide bonds. The van der Waals surface area contributed by atoms with Gasteiger partial charge in [-0.3, -0.25) is 9.59 Å². The first kappa shape index (κ1) is 9.90. The maximum Gasteiger partial charge on any atom is 0.225 e. The number of ketones is 2. The lowest BCUT2D eigenvalue weighted by molar-refractivity contribution is 0.0951. The lowest BCUT2D eigenvalue weighted by Gasteiger charge is -2.15. The van der Waals surface area contributed by atoms with Gasteiger partial charge in [0.25, 0.3) is 0 Å². The van der Waals surface area contributed by atoms with Crippen LogP contribution in [0.2, 0.25) is 0 Å². The van der Waals surface area contributed by atoms with Crippen molar-refractivity contribution in [1.29, 1.82) is 0 Å². The fourth-order valence-electron chi connectivity index (χ4n) is 1.99. The third-order valence-electron chi connectivity index (χ3n) is 2.74. The van der Waals surface area contributed by atoms with Gasteiger partial charge in [0.15, 0.2) is 11.5 Å². The summed E-state index contributed by atoms with van der Waals surface area (Å²) in [4.78, 5) is 23.9. The van der Waals surface area contributed by atoms with Crippen molar-refractivity contribution in [2.45, 2.75) is 26.7 Å². The van der Waals surface area contributed by atoms with E-state index in [2.05, 4.69) is 0 Å². The Labute approximate surface area is 87.8 Å². The van der Waals surface area contributed by atoms with Gasteiger partial charge in [0.05, 0.1) is 11.8 Å². The molecular weight excluding hydrogens is 192 g/mol. The number of carbonyl (C=O) groups excluding carboxylic acids is 2. The van der Waals surface area contributed by atoms with E-state index >= 15 is 0 Å². The number of allylic oxidation sites excluding steroid dienone is 2. The SMILES string of the molecule is CCC1=C(CC)C(=O)c2occc2C1=O. The van der Waals surface area contributed by atoms with Gasteiger partial charge in [-0.15, -0.1) is 0 Å². The zero-order valence-electron chi connectivity index (χ0n) is 8.79. The van der Waals surface area contributed by atoms with E-state index in [-0.39, 0.29) is 17.3 Å². The smallest absolute Gasteiger partial charge is 0.225 e. The van der Waals surface area contributed by atoms with Crippen molar-refractivity contribution in [3.05, 3.63) is 34.8 Å². The standard InChI is InChI=1S/C12H12O3/c1-3-7-8(4-2)11(14)12-9(10(7)13)5-6-15-12/h5-6H,3-4H2,1-2H3. The molecule has 0 saturated carbocycles. The molecular formula is C12H12O3. The first-order valence-electron chi connectivity index (χ1n) is 5.09. The van der Waals surface area contributed by atoms with Crippen molar-refractivity contribution in [3.8, 4) is 0 Å². The molecule has 78 valence electrons. The van der Waals surface area contributed by atoms with E-state index in [1.54, 1.807) is 6.07 Å². The van der Waals surface area contributed by atoms with E-state index in [4.69, 9.17) is 4.42 Å². The van der Waals surface area contributed by atoms with Crippen LogP contribution in [0, 0.1) is 0 Å². The molecule has 0 radical (unpaired) electrons. The number of fused-ring (bicyclic) bond motifs is 1. The molecule has 0 atom stereocenters. The second-order valence-corrected chi connectivity index (χ2v) is 3.49.